The van der Waals surface area contributed by atoms with E-state index in [1.54, 1.807) is 20.0 Å². The molecule has 0 aliphatic heterocycles. The first-order valence-electron chi connectivity index (χ1n) is 4.98. The number of hydrogen-bond donors (Lipinski definition) is 0. The molecule has 1 aromatic heterocycles. The van der Waals surface area contributed by atoms with Crippen LogP contribution in [-0.4, -0.2) is 17.8 Å². The van der Waals surface area contributed by atoms with Crippen LogP contribution in [0.1, 0.15) is 19.5 Å². The molecule has 0 bridgehead atoms. The van der Waals surface area contributed by atoms with Crippen LogP contribution >= 0.6 is 7.60 Å². The molecule has 84 valence electrons. The molecule has 0 aliphatic rings. The van der Waals surface area contributed by atoms with Gasteiger partial charge in [-0.25, -0.2) is 0 Å². The summed E-state index contributed by atoms with van der Waals surface area (Å²) < 4.78 is 22.3. The molecule has 1 atom stereocenters. The third-order valence-electron chi connectivity index (χ3n) is 1.85. The lowest BCUT2D eigenvalue weighted by Crippen LogP contribution is -1.99. The second kappa shape index (κ2) is 6.01. The summed E-state index contributed by atoms with van der Waals surface area (Å²) in [6, 6.07) is 5.51. The van der Waals surface area contributed by atoms with Crippen molar-refractivity contribution in [2.24, 2.45) is 0 Å². The van der Waals surface area contributed by atoms with Crippen molar-refractivity contribution in [2.45, 2.75) is 20.5 Å². The third kappa shape index (κ3) is 4.12. The van der Waals surface area contributed by atoms with Crippen LogP contribution in [0, 0.1) is 0 Å². The van der Waals surface area contributed by atoms with Gasteiger partial charge in [0, 0.05) is 12.4 Å². The average Bonchev–Trinajstić information content (AvgIpc) is 2.28. The quantitative estimate of drug-likeness (QED) is 0.704. The molecular formula is C10H16NO3P. The summed E-state index contributed by atoms with van der Waals surface area (Å²) in [6.45, 7) is 4.21. The Labute approximate surface area is 90.2 Å². The summed E-state index contributed by atoms with van der Waals surface area (Å²) in [7, 11) is -2.91. The van der Waals surface area contributed by atoms with E-state index in [9.17, 15) is 4.57 Å². The molecule has 0 aliphatic carbocycles. The van der Waals surface area contributed by atoms with Crippen molar-refractivity contribution in [1.29, 1.82) is 0 Å². The molecule has 0 N–H and O–H groups in total. The van der Waals surface area contributed by atoms with Crippen LogP contribution in [0.3, 0.4) is 0 Å². The van der Waals surface area contributed by atoms with Gasteiger partial charge in [0.2, 0.25) is 0 Å². The van der Waals surface area contributed by atoms with Crippen molar-refractivity contribution in [1.82, 2.24) is 4.98 Å². The molecule has 1 unspecified atom stereocenters. The third-order valence-corrected chi connectivity index (χ3v) is 3.80. The van der Waals surface area contributed by atoms with E-state index in [1.165, 1.54) is 0 Å². The van der Waals surface area contributed by atoms with Crippen molar-refractivity contribution in [2.75, 3.05) is 12.8 Å². The number of aromatic nitrogens is 1. The zero-order chi connectivity index (χ0) is 11.1. The summed E-state index contributed by atoms with van der Waals surface area (Å²) in [5.74, 6) is 0. The van der Waals surface area contributed by atoms with Gasteiger partial charge in [0.1, 0.15) is 0 Å². The maximum absolute atomic E-state index is 11.9. The fourth-order valence-electron chi connectivity index (χ4n) is 1.06. The maximum Gasteiger partial charge on any atom is 0.330 e. The molecule has 0 amide bonds. The lowest BCUT2D eigenvalue weighted by molar-refractivity contribution is 0.204. The Balaban J connectivity index is 2.51. The Kier molecular flexibility index (Phi) is 4.95. The van der Waals surface area contributed by atoms with Crippen LogP contribution < -0.4 is 0 Å². The van der Waals surface area contributed by atoms with E-state index in [4.69, 9.17) is 9.05 Å². The maximum atomic E-state index is 11.9. The van der Waals surface area contributed by atoms with Crippen molar-refractivity contribution in [3.63, 3.8) is 0 Å². The Morgan fingerprint density at radius 3 is 2.67 bits per heavy atom. The minimum Gasteiger partial charge on any atom is -0.309 e. The van der Waals surface area contributed by atoms with Gasteiger partial charge in [0.05, 0.1) is 18.9 Å². The van der Waals surface area contributed by atoms with Gasteiger partial charge >= 0.3 is 7.60 Å². The predicted molar refractivity (Wildman–Crippen MR) is 58.8 cm³/mol. The van der Waals surface area contributed by atoms with Gasteiger partial charge in [-0.2, -0.15) is 0 Å². The van der Waals surface area contributed by atoms with Crippen LogP contribution in [-0.2, 0) is 20.2 Å². The predicted octanol–water partition coefficient (Wildman–Crippen LogP) is 2.85. The van der Waals surface area contributed by atoms with Crippen molar-refractivity contribution < 1.29 is 13.6 Å². The first kappa shape index (κ1) is 12.4. The molecule has 1 rings (SSSR count). The van der Waals surface area contributed by atoms with E-state index in [1.807, 2.05) is 18.2 Å². The van der Waals surface area contributed by atoms with Gasteiger partial charge < -0.3 is 9.05 Å². The molecular weight excluding hydrogens is 213 g/mol. The van der Waals surface area contributed by atoms with Crippen LogP contribution in [0.4, 0.5) is 0 Å². The summed E-state index contributed by atoms with van der Waals surface area (Å²) in [5, 5.41) is 0. The molecule has 15 heavy (non-hydrogen) atoms. The first-order chi connectivity index (χ1) is 7.20. The van der Waals surface area contributed by atoms with Gasteiger partial charge in [0.25, 0.3) is 0 Å². The lowest BCUT2D eigenvalue weighted by Gasteiger charge is -2.15. The molecule has 4 nitrogen and oxygen atoms in total. The average molecular weight is 229 g/mol. The van der Waals surface area contributed by atoms with Gasteiger partial charge in [-0.3, -0.25) is 9.55 Å². The van der Waals surface area contributed by atoms with Crippen LogP contribution in [0.25, 0.3) is 0 Å². The van der Waals surface area contributed by atoms with E-state index in [2.05, 4.69) is 4.98 Å². The van der Waals surface area contributed by atoms with E-state index in [-0.39, 0.29) is 6.61 Å². The van der Waals surface area contributed by atoms with Crippen molar-refractivity contribution in [3.05, 3.63) is 30.1 Å². The summed E-state index contributed by atoms with van der Waals surface area (Å²) >= 11 is 0. The second-order valence-corrected chi connectivity index (χ2v) is 5.31. The van der Waals surface area contributed by atoms with Crippen molar-refractivity contribution >= 4 is 7.60 Å². The highest BCUT2D eigenvalue weighted by atomic mass is 31.2. The fourth-order valence-corrected chi connectivity index (χ4v) is 2.23. The Hall–Kier alpha value is -0.700. The Morgan fingerprint density at radius 2 is 2.13 bits per heavy atom. The fraction of sp³-hybridized carbons (Fsp3) is 0.500. The summed E-state index contributed by atoms with van der Waals surface area (Å²) in [5.41, 5.74) is 0.755. The van der Waals surface area contributed by atoms with E-state index < -0.39 is 7.60 Å². The minimum atomic E-state index is -2.91. The summed E-state index contributed by atoms with van der Waals surface area (Å²) in [6.07, 6.45) is 2.06. The molecule has 0 fully saturated rings. The van der Waals surface area contributed by atoms with Crippen LogP contribution in [0.15, 0.2) is 24.4 Å². The molecule has 0 radical (unpaired) electrons. The molecule has 1 heterocycles. The second-order valence-electron chi connectivity index (χ2n) is 2.94. The number of hydrogen-bond acceptors (Lipinski definition) is 4. The topological polar surface area (TPSA) is 48.4 Å². The SMILES string of the molecule is CCOP(=O)(CC)OCc1ccccn1. The Morgan fingerprint density at radius 1 is 1.33 bits per heavy atom. The van der Waals surface area contributed by atoms with Crippen molar-refractivity contribution in [3.8, 4) is 0 Å². The molecule has 0 saturated carbocycles. The number of nitrogens with zero attached hydrogens (tertiary/aromatic N) is 1. The highest BCUT2D eigenvalue weighted by molar-refractivity contribution is 7.53. The molecule has 0 saturated heterocycles. The van der Waals surface area contributed by atoms with E-state index >= 15 is 0 Å². The molecule has 1 aromatic rings. The van der Waals surface area contributed by atoms with Gasteiger partial charge in [0.15, 0.2) is 0 Å². The summed E-state index contributed by atoms with van der Waals surface area (Å²) in [4.78, 5) is 4.07. The number of rotatable bonds is 6. The van der Waals surface area contributed by atoms with Crippen LogP contribution in [0.2, 0.25) is 0 Å². The zero-order valence-electron chi connectivity index (χ0n) is 9.05. The Bertz CT molecular complexity index is 329. The lowest BCUT2D eigenvalue weighted by atomic mass is 10.4. The van der Waals surface area contributed by atoms with E-state index in [0.717, 1.165) is 5.69 Å². The normalized spacial score (nSPS) is 14.8. The van der Waals surface area contributed by atoms with Gasteiger partial charge in [-0.1, -0.05) is 13.0 Å². The zero-order valence-corrected chi connectivity index (χ0v) is 9.94. The van der Waals surface area contributed by atoms with Gasteiger partial charge in [-0.05, 0) is 19.1 Å². The highest BCUT2D eigenvalue weighted by Crippen LogP contribution is 2.48. The first-order valence-corrected chi connectivity index (χ1v) is 6.71. The van der Waals surface area contributed by atoms with Gasteiger partial charge in [-0.15, -0.1) is 0 Å². The smallest absolute Gasteiger partial charge is 0.309 e. The largest absolute Gasteiger partial charge is 0.330 e. The minimum absolute atomic E-state index is 0.228. The van der Waals surface area contributed by atoms with E-state index in [0.29, 0.717) is 12.8 Å². The standard InChI is InChI=1S/C10H16NO3P/c1-3-13-15(12,4-2)14-9-10-7-5-6-8-11-10/h5-8H,3-4,9H2,1-2H3. The highest BCUT2D eigenvalue weighted by Gasteiger charge is 2.20. The molecule has 0 aromatic carbocycles. The monoisotopic (exact) mass is 229 g/mol. The van der Waals surface area contributed by atoms with Crippen LogP contribution in [0.5, 0.6) is 0 Å². The molecule has 0 spiro atoms. The number of pyridine rings is 1. The molecule has 5 heteroatoms.